The fourth-order valence-electron chi connectivity index (χ4n) is 4.58. The maximum atomic E-state index is 13.5. The third kappa shape index (κ3) is 3.36. The van der Waals surface area contributed by atoms with Gasteiger partial charge in [0.2, 0.25) is 5.96 Å². The Morgan fingerprint density at radius 3 is 2.65 bits per heavy atom. The van der Waals surface area contributed by atoms with Gasteiger partial charge in [-0.3, -0.25) is 9.69 Å². The fraction of sp³-hybridized carbons (Fsp3) is 0.240. The van der Waals surface area contributed by atoms with Gasteiger partial charge < -0.3 is 19.3 Å². The minimum atomic E-state index is -1.05. The molecule has 0 aliphatic carbocycles. The summed E-state index contributed by atoms with van der Waals surface area (Å²) in [5.41, 5.74) is 2.29. The number of rotatable bonds is 5. The molecule has 1 atom stereocenters. The Hall–Kier alpha value is -3.98. The van der Waals surface area contributed by atoms with Crippen molar-refractivity contribution >= 4 is 17.9 Å². The zero-order valence-electron chi connectivity index (χ0n) is 19.1. The topological polar surface area (TPSA) is 83.2 Å². The average Bonchev–Trinajstić information content (AvgIpc) is 3.49. The second kappa shape index (κ2) is 8.11. The van der Waals surface area contributed by atoms with Gasteiger partial charge in [-0.15, -0.1) is 0 Å². The quantitative estimate of drug-likeness (QED) is 0.591. The molecule has 34 heavy (non-hydrogen) atoms. The van der Waals surface area contributed by atoms with Gasteiger partial charge in [-0.05, 0) is 48.4 Å². The zero-order valence-corrected chi connectivity index (χ0v) is 19.1. The molecule has 1 saturated heterocycles. The van der Waals surface area contributed by atoms with Gasteiger partial charge in [-0.2, -0.15) is 0 Å². The van der Waals surface area contributed by atoms with E-state index in [0.29, 0.717) is 23.8 Å². The maximum absolute atomic E-state index is 13.5. The number of guanidine groups is 1. The van der Waals surface area contributed by atoms with Crippen molar-refractivity contribution in [2.75, 3.05) is 27.3 Å². The Morgan fingerprint density at radius 2 is 2.00 bits per heavy atom. The second-order valence-electron chi connectivity index (χ2n) is 8.49. The SMILES string of the molecule is COc1cc(C=C2N=C3N(C)CC(CO)(c4ccc(F)cc4)N3C2=O)ccc1-n1cnc(C)c1. The molecule has 1 N–H and O–H groups in total. The van der Waals surface area contributed by atoms with E-state index < -0.39 is 5.54 Å². The number of aliphatic hydroxyl groups excluding tert-OH is 1. The van der Waals surface area contributed by atoms with E-state index >= 15 is 0 Å². The van der Waals surface area contributed by atoms with Crippen molar-refractivity contribution in [3.05, 3.63) is 83.3 Å². The first kappa shape index (κ1) is 21.8. The number of benzene rings is 2. The Balaban J connectivity index is 1.52. The first-order valence-electron chi connectivity index (χ1n) is 10.8. The number of hydrogen-bond acceptors (Lipinski definition) is 6. The molecule has 2 aliphatic heterocycles. The van der Waals surface area contributed by atoms with Crippen molar-refractivity contribution in [1.29, 1.82) is 0 Å². The van der Waals surface area contributed by atoms with Crippen molar-refractivity contribution in [2.24, 2.45) is 4.99 Å². The molecule has 2 aromatic carbocycles. The van der Waals surface area contributed by atoms with Gasteiger partial charge in [0, 0.05) is 13.2 Å². The van der Waals surface area contributed by atoms with Crippen LogP contribution in [-0.4, -0.2) is 63.6 Å². The number of aliphatic hydroxyl groups is 1. The average molecular weight is 461 g/mol. The van der Waals surface area contributed by atoms with Gasteiger partial charge in [-0.25, -0.2) is 14.4 Å². The van der Waals surface area contributed by atoms with E-state index in [1.807, 2.05) is 47.8 Å². The number of nitrogens with zero attached hydrogens (tertiary/aromatic N) is 5. The molecule has 0 saturated carbocycles. The summed E-state index contributed by atoms with van der Waals surface area (Å²) in [6.07, 6.45) is 5.31. The Bertz CT molecular complexity index is 1330. The van der Waals surface area contributed by atoms with Gasteiger partial charge >= 0.3 is 0 Å². The Kier molecular flexibility index (Phi) is 5.21. The third-order valence-electron chi connectivity index (χ3n) is 6.25. The highest BCUT2D eigenvalue weighted by molar-refractivity contribution is 6.15. The number of aliphatic imine (C=N–C) groups is 1. The predicted molar refractivity (Wildman–Crippen MR) is 125 cm³/mol. The lowest BCUT2D eigenvalue weighted by Crippen LogP contribution is -2.49. The number of ether oxygens (including phenoxy) is 1. The highest BCUT2D eigenvalue weighted by Gasteiger charge is 2.54. The van der Waals surface area contributed by atoms with Crippen LogP contribution in [0.1, 0.15) is 16.8 Å². The zero-order chi connectivity index (χ0) is 24.0. The molecule has 5 rings (SSSR count). The van der Waals surface area contributed by atoms with Crippen LogP contribution in [0.15, 0.2) is 65.7 Å². The van der Waals surface area contributed by atoms with Gasteiger partial charge in [0.15, 0.2) is 0 Å². The van der Waals surface area contributed by atoms with Gasteiger partial charge in [-0.1, -0.05) is 18.2 Å². The molecule has 1 unspecified atom stereocenters. The summed E-state index contributed by atoms with van der Waals surface area (Å²) in [6.45, 7) is 1.93. The molecular weight excluding hydrogens is 437 g/mol. The number of halogens is 1. The maximum Gasteiger partial charge on any atom is 0.280 e. The molecule has 1 aromatic heterocycles. The number of methoxy groups -OCH3 is 1. The summed E-state index contributed by atoms with van der Waals surface area (Å²) < 4.78 is 21.0. The van der Waals surface area contributed by atoms with Crippen LogP contribution >= 0.6 is 0 Å². The monoisotopic (exact) mass is 461 g/mol. The normalized spacial score (nSPS) is 20.8. The lowest BCUT2D eigenvalue weighted by atomic mass is 9.89. The van der Waals surface area contributed by atoms with Gasteiger partial charge in [0.1, 0.15) is 22.8 Å². The van der Waals surface area contributed by atoms with Crippen LogP contribution in [0.2, 0.25) is 0 Å². The van der Waals surface area contributed by atoms with E-state index in [1.165, 1.54) is 17.0 Å². The highest BCUT2D eigenvalue weighted by atomic mass is 19.1. The summed E-state index contributed by atoms with van der Waals surface area (Å²) in [5, 5.41) is 10.4. The molecule has 0 bridgehead atoms. The van der Waals surface area contributed by atoms with Gasteiger partial charge in [0.05, 0.1) is 38.0 Å². The lowest BCUT2D eigenvalue weighted by molar-refractivity contribution is -0.127. The molecule has 9 heteroatoms. The number of carbonyl (C=O) groups is 1. The predicted octanol–water partition coefficient (Wildman–Crippen LogP) is 2.70. The largest absolute Gasteiger partial charge is 0.495 e. The van der Waals surface area contributed by atoms with Crippen LogP contribution in [0.3, 0.4) is 0 Å². The van der Waals surface area contributed by atoms with E-state index in [-0.39, 0.29) is 24.0 Å². The van der Waals surface area contributed by atoms with E-state index in [4.69, 9.17) is 4.74 Å². The van der Waals surface area contributed by atoms with Crippen LogP contribution in [0.4, 0.5) is 4.39 Å². The molecule has 0 spiro atoms. The Labute approximate surface area is 196 Å². The molecule has 3 heterocycles. The fourth-order valence-corrected chi connectivity index (χ4v) is 4.58. The second-order valence-corrected chi connectivity index (χ2v) is 8.49. The summed E-state index contributed by atoms with van der Waals surface area (Å²) in [6, 6.07) is 11.4. The molecule has 1 amide bonds. The molecule has 3 aromatic rings. The summed E-state index contributed by atoms with van der Waals surface area (Å²) in [5.74, 6) is 0.366. The number of imidazole rings is 1. The number of hydrogen-bond donors (Lipinski definition) is 1. The van der Waals surface area contributed by atoms with Crippen molar-refractivity contribution in [2.45, 2.75) is 12.5 Å². The van der Waals surface area contributed by atoms with Crippen molar-refractivity contribution in [3.8, 4) is 11.4 Å². The Morgan fingerprint density at radius 1 is 1.24 bits per heavy atom. The lowest BCUT2D eigenvalue weighted by Gasteiger charge is -2.33. The van der Waals surface area contributed by atoms with Crippen molar-refractivity contribution in [1.82, 2.24) is 19.4 Å². The molecule has 2 aliphatic rings. The number of fused-ring (bicyclic) bond motifs is 1. The minimum Gasteiger partial charge on any atom is -0.495 e. The van der Waals surface area contributed by atoms with Crippen LogP contribution in [0.5, 0.6) is 5.75 Å². The van der Waals surface area contributed by atoms with Crippen molar-refractivity contribution in [3.63, 3.8) is 0 Å². The summed E-state index contributed by atoms with van der Waals surface area (Å²) in [4.78, 5) is 25.6. The van der Waals surface area contributed by atoms with Gasteiger partial charge in [0.25, 0.3) is 5.91 Å². The highest BCUT2D eigenvalue weighted by Crippen LogP contribution is 2.40. The van der Waals surface area contributed by atoms with E-state index in [2.05, 4.69) is 9.98 Å². The van der Waals surface area contributed by atoms with E-state index in [1.54, 1.807) is 31.6 Å². The number of amides is 1. The number of aryl methyl sites for hydroxylation is 1. The third-order valence-corrected chi connectivity index (χ3v) is 6.25. The molecule has 0 radical (unpaired) electrons. The van der Waals surface area contributed by atoms with Crippen LogP contribution < -0.4 is 4.74 Å². The summed E-state index contributed by atoms with van der Waals surface area (Å²) in [7, 11) is 3.40. The standard InChI is InChI=1S/C25H24FN5O3/c1-16-12-30(15-27-16)21-9-4-17(11-22(21)34-3)10-20-23(33)31-24(28-20)29(2)13-25(31,14-32)18-5-7-19(26)8-6-18/h4-12,15,32H,13-14H2,1-3H3. The van der Waals surface area contributed by atoms with Crippen LogP contribution in [0, 0.1) is 12.7 Å². The first-order valence-corrected chi connectivity index (χ1v) is 10.8. The number of carbonyl (C=O) groups excluding carboxylic acids is 1. The first-order chi connectivity index (χ1) is 16.4. The summed E-state index contributed by atoms with van der Waals surface area (Å²) >= 11 is 0. The molecule has 174 valence electrons. The minimum absolute atomic E-state index is 0.245. The van der Waals surface area contributed by atoms with E-state index in [9.17, 15) is 14.3 Å². The molecule has 1 fully saturated rings. The number of likely N-dealkylation sites (N-methyl/N-ethyl adjacent to an activating group) is 1. The number of aromatic nitrogens is 2. The van der Waals surface area contributed by atoms with Crippen molar-refractivity contribution < 1.29 is 19.0 Å². The molecular formula is C25H24FN5O3. The van der Waals surface area contributed by atoms with Crippen LogP contribution in [-0.2, 0) is 10.3 Å². The smallest absolute Gasteiger partial charge is 0.280 e. The molecule has 8 nitrogen and oxygen atoms in total. The van der Waals surface area contributed by atoms with Crippen LogP contribution in [0.25, 0.3) is 11.8 Å². The van der Waals surface area contributed by atoms with E-state index in [0.717, 1.165) is 16.9 Å².